The van der Waals surface area contributed by atoms with Gasteiger partial charge < -0.3 is 4.74 Å². The van der Waals surface area contributed by atoms with Gasteiger partial charge in [0.1, 0.15) is 22.9 Å². The first-order valence-corrected chi connectivity index (χ1v) is 6.91. The fourth-order valence-corrected chi connectivity index (χ4v) is 2.67. The molecular weight excluding hydrogens is 308 g/mol. The van der Waals surface area contributed by atoms with Crippen molar-refractivity contribution in [2.75, 3.05) is 12.3 Å². The van der Waals surface area contributed by atoms with Crippen LogP contribution >= 0.6 is 0 Å². The lowest BCUT2D eigenvalue weighted by atomic mass is 9.81. The summed E-state index contributed by atoms with van der Waals surface area (Å²) in [7, 11) is 0. The highest BCUT2D eigenvalue weighted by Gasteiger charge is 2.39. The van der Waals surface area contributed by atoms with Gasteiger partial charge in [-0.05, 0) is 6.42 Å². The van der Waals surface area contributed by atoms with E-state index in [2.05, 4.69) is 5.48 Å². The first-order chi connectivity index (χ1) is 11.0. The van der Waals surface area contributed by atoms with Gasteiger partial charge in [-0.25, -0.2) is 4.84 Å². The molecular formula is C14H12N2O7. The molecule has 120 valence electrons. The van der Waals surface area contributed by atoms with Crippen LogP contribution in [0.4, 0.5) is 11.4 Å². The molecule has 0 saturated heterocycles. The Morgan fingerprint density at radius 1 is 1.26 bits per heavy atom. The predicted molar refractivity (Wildman–Crippen MR) is 75.0 cm³/mol. The summed E-state index contributed by atoms with van der Waals surface area (Å²) in [4.78, 5) is 51.7. The first kappa shape index (κ1) is 15.1. The average Bonchev–Trinajstić information content (AvgIpc) is 2.53. The number of carbonyl (C=O) groups excluding carboxylic acids is 3. The maximum Gasteiger partial charge on any atom is 0.282 e. The number of hydrogen-bond acceptors (Lipinski definition) is 8. The number of hydrogen-bond donors (Lipinski definition) is 1. The number of ketones is 3. The van der Waals surface area contributed by atoms with Gasteiger partial charge in [0, 0.05) is 25.0 Å². The summed E-state index contributed by atoms with van der Waals surface area (Å²) in [5.74, 6) is -3.14. The molecule has 1 aliphatic heterocycles. The van der Waals surface area contributed by atoms with Gasteiger partial charge in [0.05, 0.1) is 4.92 Å². The molecule has 0 unspecified atom stereocenters. The first-order valence-electron chi connectivity index (χ1n) is 6.91. The zero-order chi connectivity index (χ0) is 16.6. The highest BCUT2D eigenvalue weighted by atomic mass is 16.8. The summed E-state index contributed by atoms with van der Waals surface area (Å²) in [6, 6.07) is 2.25. The molecule has 1 saturated carbocycles. The Balaban J connectivity index is 2.06. The number of ether oxygens (including phenoxy) is 1. The van der Waals surface area contributed by atoms with Crippen molar-refractivity contribution >= 4 is 28.7 Å². The molecule has 1 fully saturated rings. The van der Waals surface area contributed by atoms with Crippen molar-refractivity contribution in [3.05, 3.63) is 27.8 Å². The predicted octanol–water partition coefficient (Wildman–Crippen LogP) is 1.41. The Kier molecular flexibility index (Phi) is 3.78. The molecule has 23 heavy (non-hydrogen) atoms. The van der Waals surface area contributed by atoms with Crippen molar-refractivity contribution in [3.8, 4) is 5.75 Å². The molecule has 0 atom stereocenters. The quantitative estimate of drug-likeness (QED) is 0.383. The Hall–Kier alpha value is -2.81. The molecule has 1 N–H and O–H groups in total. The number of rotatable bonds is 3. The largest absolute Gasteiger partial charge is 0.463 e. The van der Waals surface area contributed by atoms with Gasteiger partial charge in [-0.2, -0.15) is 0 Å². The number of fused-ring (bicyclic) bond motifs is 1. The highest BCUT2D eigenvalue weighted by molar-refractivity contribution is 6.26. The van der Waals surface area contributed by atoms with Crippen LogP contribution in [0, 0.1) is 16.0 Å². The number of anilines is 1. The number of benzene rings is 1. The maximum atomic E-state index is 12.6. The molecule has 1 aliphatic carbocycles. The molecule has 1 aromatic rings. The van der Waals surface area contributed by atoms with Crippen molar-refractivity contribution in [3.63, 3.8) is 0 Å². The van der Waals surface area contributed by atoms with E-state index in [1.54, 1.807) is 0 Å². The molecule has 0 radical (unpaired) electrons. The van der Waals surface area contributed by atoms with Gasteiger partial charge in [-0.15, -0.1) is 0 Å². The monoisotopic (exact) mass is 320 g/mol. The van der Waals surface area contributed by atoms with Crippen molar-refractivity contribution in [2.24, 2.45) is 5.92 Å². The molecule has 1 aromatic carbocycles. The fourth-order valence-electron chi connectivity index (χ4n) is 2.67. The second-order valence-corrected chi connectivity index (χ2v) is 5.21. The number of Topliss-reactive ketones (excluding diaryl/α,β-unsaturated/α-hetero) is 3. The van der Waals surface area contributed by atoms with Gasteiger partial charge in [-0.3, -0.25) is 30.0 Å². The average molecular weight is 320 g/mol. The molecule has 0 bridgehead atoms. The van der Waals surface area contributed by atoms with Gasteiger partial charge in [0.25, 0.3) is 5.69 Å². The highest BCUT2D eigenvalue weighted by Crippen LogP contribution is 2.36. The summed E-state index contributed by atoms with van der Waals surface area (Å²) in [5.41, 5.74) is 1.82. The van der Waals surface area contributed by atoms with Gasteiger partial charge in [-0.1, -0.05) is 0 Å². The van der Waals surface area contributed by atoms with E-state index < -0.39 is 33.9 Å². The Morgan fingerprint density at radius 2 is 1.96 bits per heavy atom. The summed E-state index contributed by atoms with van der Waals surface area (Å²) >= 11 is 0. The number of carbonyl (C=O) groups is 3. The van der Waals surface area contributed by atoms with Crippen LogP contribution in [0.15, 0.2) is 12.1 Å². The fraction of sp³-hybridized carbons (Fsp3) is 0.357. The number of nitrogens with one attached hydrogen (secondary N) is 1. The normalized spacial score (nSPS) is 17.9. The van der Waals surface area contributed by atoms with E-state index in [0.29, 0.717) is 6.42 Å². The van der Waals surface area contributed by atoms with Crippen LogP contribution in [0.25, 0.3) is 0 Å². The zero-order valence-corrected chi connectivity index (χ0v) is 11.9. The summed E-state index contributed by atoms with van der Waals surface area (Å²) in [6.07, 6.45) is 0.637. The van der Waals surface area contributed by atoms with Gasteiger partial charge in [0.15, 0.2) is 17.3 Å². The molecule has 2 aliphatic rings. The Labute approximate surface area is 129 Å². The summed E-state index contributed by atoms with van der Waals surface area (Å²) in [5, 5.41) is 11.2. The Bertz CT molecular complexity index is 712. The van der Waals surface area contributed by atoms with Crippen LogP contribution in [0.3, 0.4) is 0 Å². The molecule has 0 aromatic heterocycles. The third-order valence-corrected chi connectivity index (χ3v) is 3.77. The van der Waals surface area contributed by atoms with Crippen molar-refractivity contribution in [2.45, 2.75) is 19.3 Å². The lowest BCUT2D eigenvalue weighted by Crippen LogP contribution is -2.35. The summed E-state index contributed by atoms with van der Waals surface area (Å²) < 4.78 is 5.16. The molecule has 1 heterocycles. The van der Waals surface area contributed by atoms with Crippen molar-refractivity contribution < 1.29 is 28.9 Å². The van der Waals surface area contributed by atoms with E-state index in [4.69, 9.17) is 9.57 Å². The lowest BCUT2D eigenvalue weighted by Gasteiger charge is -2.21. The van der Waals surface area contributed by atoms with E-state index >= 15 is 0 Å². The van der Waals surface area contributed by atoms with Crippen LogP contribution in [-0.4, -0.2) is 29.1 Å². The molecule has 9 heteroatoms. The van der Waals surface area contributed by atoms with Crippen LogP contribution in [0.2, 0.25) is 0 Å². The second-order valence-electron chi connectivity index (χ2n) is 5.21. The topological polar surface area (TPSA) is 125 Å². The third kappa shape index (κ3) is 2.66. The smallest absolute Gasteiger partial charge is 0.282 e. The van der Waals surface area contributed by atoms with Gasteiger partial charge >= 0.3 is 0 Å². The third-order valence-electron chi connectivity index (χ3n) is 3.77. The minimum atomic E-state index is -1.46. The number of nitro groups is 1. The standard InChI is InChI=1S/C14H12N2O7/c17-10-2-1-3-11(18)13(10)14(19)7-4-12-8(15-23-6-22-12)5-9(7)16(20)21/h4-5,13,15H,1-3,6H2. The van der Waals surface area contributed by atoms with Crippen LogP contribution < -0.4 is 10.2 Å². The van der Waals surface area contributed by atoms with Gasteiger partial charge in [0.2, 0.25) is 6.79 Å². The van der Waals surface area contributed by atoms with Crippen LogP contribution in [0.5, 0.6) is 5.75 Å². The minimum absolute atomic E-state index is 0.118. The second kappa shape index (κ2) is 5.76. The van der Waals surface area contributed by atoms with Crippen molar-refractivity contribution in [1.82, 2.24) is 0 Å². The SMILES string of the molecule is O=C1CCCC(=O)C1C(=O)c1cc2c(cc1[N+](=O)[O-])NOCO2. The van der Waals surface area contributed by atoms with Crippen LogP contribution in [0.1, 0.15) is 29.6 Å². The number of nitrogens with zero attached hydrogens (tertiary/aromatic N) is 1. The van der Waals surface area contributed by atoms with Crippen LogP contribution in [-0.2, 0) is 14.4 Å². The van der Waals surface area contributed by atoms with E-state index in [0.717, 1.165) is 6.07 Å². The minimum Gasteiger partial charge on any atom is -0.463 e. The van der Waals surface area contributed by atoms with Crippen molar-refractivity contribution in [1.29, 1.82) is 0 Å². The lowest BCUT2D eigenvalue weighted by molar-refractivity contribution is -0.385. The molecule has 0 amide bonds. The van der Waals surface area contributed by atoms with E-state index in [9.17, 15) is 24.5 Å². The van der Waals surface area contributed by atoms with E-state index in [1.807, 2.05) is 0 Å². The number of nitro benzene ring substituents is 1. The van der Waals surface area contributed by atoms with E-state index in [-0.39, 0.29) is 36.6 Å². The van der Waals surface area contributed by atoms with E-state index in [1.165, 1.54) is 6.07 Å². The maximum absolute atomic E-state index is 12.6. The Morgan fingerprint density at radius 3 is 2.61 bits per heavy atom. The molecule has 0 spiro atoms. The summed E-state index contributed by atoms with van der Waals surface area (Å²) in [6.45, 7) is -0.139. The molecule has 3 rings (SSSR count). The zero-order valence-electron chi connectivity index (χ0n) is 11.9. The molecule has 9 nitrogen and oxygen atoms in total.